The Morgan fingerprint density at radius 1 is 1.32 bits per heavy atom. The average molecular weight is 403 g/mol. The number of thiazole rings is 1. The van der Waals surface area contributed by atoms with E-state index in [0.717, 1.165) is 17.8 Å². The molecule has 0 aliphatic rings. The van der Waals surface area contributed by atoms with Gasteiger partial charge >= 0.3 is 0 Å². The molecule has 10 heteroatoms. The minimum absolute atomic E-state index is 0.0744. The number of aliphatic hydroxyl groups excluding tert-OH is 1. The zero-order valence-corrected chi connectivity index (χ0v) is 15.4. The topological polar surface area (TPSA) is 70.9 Å². The summed E-state index contributed by atoms with van der Waals surface area (Å²) in [6.45, 7) is 1.72. The average Bonchev–Trinajstić information content (AvgIpc) is 2.96. The predicted molar refractivity (Wildman–Crippen MR) is 96.3 cm³/mol. The Morgan fingerprint density at radius 2 is 2.12 bits per heavy atom. The Hall–Kier alpha value is -1.55. The standard InChI is InChI=1S/C15H13ClF2N4OS2/c1-7(5-23)19-12-11-13(20-14(16)25-11)22-15(21-12)24-6-8-3-2-4-9(17)10(8)18/h2-4,7,23H,5-6H2,1H3,(H,19,21,22)/t7-/m1/s1. The first-order chi connectivity index (χ1) is 12.0. The molecule has 0 bridgehead atoms. The molecule has 0 saturated heterocycles. The number of rotatable bonds is 6. The lowest BCUT2D eigenvalue weighted by atomic mass is 10.2. The van der Waals surface area contributed by atoms with Gasteiger partial charge in [0.05, 0.1) is 6.61 Å². The second-order valence-electron chi connectivity index (χ2n) is 5.20. The van der Waals surface area contributed by atoms with Crippen LogP contribution >= 0.6 is 34.7 Å². The van der Waals surface area contributed by atoms with E-state index in [2.05, 4.69) is 20.3 Å². The first-order valence-electron chi connectivity index (χ1n) is 7.25. The van der Waals surface area contributed by atoms with E-state index in [-0.39, 0.29) is 24.0 Å². The van der Waals surface area contributed by atoms with Gasteiger partial charge in [-0.05, 0) is 13.0 Å². The van der Waals surface area contributed by atoms with Crippen molar-refractivity contribution in [3.63, 3.8) is 0 Å². The number of hydrogen-bond donors (Lipinski definition) is 2. The van der Waals surface area contributed by atoms with Gasteiger partial charge in [-0.3, -0.25) is 0 Å². The van der Waals surface area contributed by atoms with Crippen LogP contribution in [0.25, 0.3) is 10.3 Å². The molecule has 1 atom stereocenters. The largest absolute Gasteiger partial charge is 0.394 e. The number of halogens is 3. The van der Waals surface area contributed by atoms with E-state index in [0.29, 0.717) is 25.8 Å². The quantitative estimate of drug-likeness (QED) is 0.477. The van der Waals surface area contributed by atoms with Crippen molar-refractivity contribution in [2.24, 2.45) is 0 Å². The van der Waals surface area contributed by atoms with Crippen LogP contribution < -0.4 is 5.32 Å². The highest BCUT2D eigenvalue weighted by Gasteiger charge is 2.16. The fraction of sp³-hybridized carbons (Fsp3) is 0.267. The third kappa shape index (κ3) is 4.17. The van der Waals surface area contributed by atoms with Crippen LogP contribution in [0.1, 0.15) is 12.5 Å². The first-order valence-corrected chi connectivity index (χ1v) is 9.43. The summed E-state index contributed by atoms with van der Waals surface area (Å²) >= 11 is 8.34. The minimum atomic E-state index is -0.889. The van der Waals surface area contributed by atoms with Crippen molar-refractivity contribution in [3.05, 3.63) is 39.9 Å². The van der Waals surface area contributed by atoms with Gasteiger partial charge < -0.3 is 10.4 Å². The molecule has 3 aromatic rings. The zero-order chi connectivity index (χ0) is 18.0. The third-order valence-corrected chi connectivity index (χ3v) is 5.30. The maximum atomic E-state index is 13.8. The van der Waals surface area contributed by atoms with Crippen LogP contribution in [0.2, 0.25) is 4.47 Å². The van der Waals surface area contributed by atoms with Gasteiger partial charge in [0.25, 0.3) is 0 Å². The Kier molecular flexibility index (Phi) is 5.67. The van der Waals surface area contributed by atoms with Crippen LogP contribution in [0, 0.1) is 11.6 Å². The van der Waals surface area contributed by atoms with E-state index in [1.165, 1.54) is 23.5 Å². The van der Waals surface area contributed by atoms with E-state index in [9.17, 15) is 13.9 Å². The number of anilines is 1. The molecule has 2 N–H and O–H groups in total. The Bertz CT molecular complexity index is 909. The summed E-state index contributed by atoms with van der Waals surface area (Å²) in [5.74, 6) is -1.10. The van der Waals surface area contributed by atoms with Gasteiger partial charge in [-0.25, -0.2) is 23.7 Å². The highest BCUT2D eigenvalue weighted by atomic mass is 35.5. The zero-order valence-electron chi connectivity index (χ0n) is 13.0. The molecule has 1 aromatic carbocycles. The lowest BCUT2D eigenvalue weighted by Gasteiger charge is -2.12. The summed E-state index contributed by atoms with van der Waals surface area (Å²) in [7, 11) is 0. The lowest BCUT2D eigenvalue weighted by Crippen LogP contribution is -2.20. The summed E-state index contributed by atoms with van der Waals surface area (Å²) in [6.07, 6.45) is 0. The predicted octanol–water partition coefficient (Wildman–Crippen LogP) is 4.10. The SMILES string of the molecule is C[C@H](CO)Nc1nc(SCc2cccc(F)c2F)nc2nc(Cl)sc12. The maximum absolute atomic E-state index is 13.8. The molecular weight excluding hydrogens is 390 g/mol. The Balaban J connectivity index is 1.89. The summed E-state index contributed by atoms with van der Waals surface area (Å²) < 4.78 is 28.0. The monoisotopic (exact) mass is 402 g/mol. The van der Waals surface area contributed by atoms with E-state index in [1.54, 1.807) is 6.92 Å². The van der Waals surface area contributed by atoms with Crippen LogP contribution in [-0.4, -0.2) is 32.7 Å². The molecule has 0 aliphatic carbocycles. The molecule has 0 radical (unpaired) electrons. The van der Waals surface area contributed by atoms with Gasteiger partial charge in [0.15, 0.2) is 32.7 Å². The van der Waals surface area contributed by atoms with Gasteiger partial charge in [0.2, 0.25) is 0 Å². The van der Waals surface area contributed by atoms with Crippen LogP contribution in [0.4, 0.5) is 14.6 Å². The molecule has 0 spiro atoms. The van der Waals surface area contributed by atoms with E-state index in [1.807, 2.05) is 0 Å². The molecule has 3 rings (SSSR count). The van der Waals surface area contributed by atoms with Gasteiger partial charge in [-0.1, -0.05) is 46.8 Å². The molecular formula is C15H13ClF2N4OS2. The number of hydrogen-bond acceptors (Lipinski definition) is 7. The molecule has 132 valence electrons. The Morgan fingerprint density at radius 3 is 2.88 bits per heavy atom. The Labute approximate surface area is 155 Å². The van der Waals surface area contributed by atoms with Crippen molar-refractivity contribution < 1.29 is 13.9 Å². The van der Waals surface area contributed by atoms with Gasteiger partial charge in [0, 0.05) is 17.4 Å². The lowest BCUT2D eigenvalue weighted by molar-refractivity contribution is 0.281. The molecule has 0 aliphatic heterocycles. The minimum Gasteiger partial charge on any atom is -0.394 e. The normalized spacial score (nSPS) is 12.5. The van der Waals surface area contributed by atoms with E-state index in [4.69, 9.17) is 11.6 Å². The van der Waals surface area contributed by atoms with Crippen molar-refractivity contribution >= 4 is 50.9 Å². The highest BCUT2D eigenvalue weighted by Crippen LogP contribution is 2.33. The van der Waals surface area contributed by atoms with Crippen molar-refractivity contribution in [1.29, 1.82) is 0 Å². The maximum Gasteiger partial charge on any atom is 0.191 e. The second kappa shape index (κ2) is 7.77. The van der Waals surface area contributed by atoms with Gasteiger partial charge in [0.1, 0.15) is 4.70 Å². The fourth-order valence-electron chi connectivity index (χ4n) is 2.02. The molecule has 0 amide bonds. The summed E-state index contributed by atoms with van der Waals surface area (Å²) in [4.78, 5) is 12.8. The molecule has 2 heterocycles. The summed E-state index contributed by atoms with van der Waals surface area (Å²) in [5, 5.41) is 12.6. The number of nitrogens with zero attached hydrogens (tertiary/aromatic N) is 3. The number of fused-ring (bicyclic) bond motifs is 1. The van der Waals surface area contributed by atoms with E-state index >= 15 is 0 Å². The molecule has 5 nitrogen and oxygen atoms in total. The summed E-state index contributed by atoms with van der Waals surface area (Å²) in [6, 6.07) is 3.81. The van der Waals surface area contributed by atoms with Gasteiger partial charge in [-0.15, -0.1) is 0 Å². The number of thioether (sulfide) groups is 1. The second-order valence-corrected chi connectivity index (χ2v) is 7.73. The number of benzene rings is 1. The molecule has 0 unspecified atom stereocenters. The van der Waals surface area contributed by atoms with Crippen molar-refractivity contribution in [2.75, 3.05) is 11.9 Å². The van der Waals surface area contributed by atoms with Crippen LogP contribution in [-0.2, 0) is 5.75 Å². The van der Waals surface area contributed by atoms with Crippen molar-refractivity contribution in [2.45, 2.75) is 23.9 Å². The number of nitrogens with one attached hydrogen (secondary N) is 1. The third-order valence-electron chi connectivity index (χ3n) is 3.25. The first kappa shape index (κ1) is 18.2. The molecule has 0 fully saturated rings. The number of aliphatic hydroxyl groups is 1. The molecule has 0 saturated carbocycles. The molecule has 2 aromatic heterocycles. The van der Waals surface area contributed by atoms with Crippen molar-refractivity contribution in [3.8, 4) is 0 Å². The van der Waals surface area contributed by atoms with Crippen molar-refractivity contribution in [1.82, 2.24) is 15.0 Å². The smallest absolute Gasteiger partial charge is 0.191 e. The highest BCUT2D eigenvalue weighted by molar-refractivity contribution is 7.98. The summed E-state index contributed by atoms with van der Waals surface area (Å²) in [5.41, 5.74) is 0.642. The van der Waals surface area contributed by atoms with Crippen LogP contribution in [0.5, 0.6) is 0 Å². The van der Waals surface area contributed by atoms with Gasteiger partial charge in [-0.2, -0.15) is 0 Å². The number of aromatic nitrogens is 3. The molecule has 25 heavy (non-hydrogen) atoms. The van der Waals surface area contributed by atoms with E-state index < -0.39 is 11.6 Å². The fourth-order valence-corrected chi connectivity index (χ4v) is 3.83. The van der Waals surface area contributed by atoms with Crippen LogP contribution in [0.3, 0.4) is 0 Å². The van der Waals surface area contributed by atoms with Crippen LogP contribution in [0.15, 0.2) is 23.4 Å².